The molecule has 2 saturated heterocycles. The Morgan fingerprint density at radius 1 is 0.974 bits per heavy atom. The Labute approximate surface area is 225 Å². The third-order valence-electron chi connectivity index (χ3n) is 6.78. The van der Waals surface area contributed by atoms with Gasteiger partial charge < -0.3 is 9.88 Å². The molecule has 0 saturated carbocycles. The zero-order valence-electron chi connectivity index (χ0n) is 20.9. The second-order valence-corrected chi connectivity index (χ2v) is 10.3. The normalized spacial score (nSPS) is 17.8. The van der Waals surface area contributed by atoms with Gasteiger partial charge in [-0.15, -0.1) is 0 Å². The van der Waals surface area contributed by atoms with Crippen LogP contribution in [0.3, 0.4) is 0 Å². The van der Waals surface area contributed by atoms with Crippen molar-refractivity contribution in [3.8, 4) is 17.1 Å². The van der Waals surface area contributed by atoms with Crippen LogP contribution in [0, 0.1) is 0 Å². The average molecular weight is 573 g/mol. The highest BCUT2D eigenvalue weighted by atomic mass is 32.2. The summed E-state index contributed by atoms with van der Waals surface area (Å²) in [6.07, 6.45) is -2.28. The lowest BCUT2D eigenvalue weighted by Crippen LogP contribution is -2.36. The van der Waals surface area contributed by atoms with Crippen molar-refractivity contribution in [2.75, 3.05) is 37.8 Å². The Hall–Kier alpha value is -2.91. The number of anilines is 1. The molecule has 3 aromatic rings. The minimum atomic E-state index is -4.79. The van der Waals surface area contributed by atoms with E-state index in [1.54, 1.807) is 11.9 Å². The lowest BCUT2D eigenvalue weighted by molar-refractivity contribution is -0.141. The molecule has 3 aromatic heterocycles. The van der Waals surface area contributed by atoms with Gasteiger partial charge in [0.15, 0.2) is 5.69 Å². The fourth-order valence-corrected chi connectivity index (χ4v) is 5.14. The number of rotatable bonds is 7. The number of nitrogens with zero attached hydrogens (tertiary/aromatic N) is 7. The Bertz CT molecular complexity index is 1300. The summed E-state index contributed by atoms with van der Waals surface area (Å²) in [5.41, 5.74) is -3.09. The van der Waals surface area contributed by atoms with Gasteiger partial charge in [-0.05, 0) is 50.7 Å². The Kier molecular flexibility index (Phi) is 7.75. The maximum Gasteiger partial charge on any atom is 0.435 e. The molecular formula is C24H26F6N8S. The number of piperidine rings is 1. The minimum Gasteiger partial charge on any atom is -0.351 e. The molecule has 8 nitrogen and oxygen atoms in total. The summed E-state index contributed by atoms with van der Waals surface area (Å²) < 4.78 is 86.5. The number of imidazole rings is 1. The molecule has 1 N–H and O–H groups in total. The van der Waals surface area contributed by atoms with E-state index in [0.717, 1.165) is 62.5 Å². The summed E-state index contributed by atoms with van der Waals surface area (Å²) in [7, 11) is 0. The number of halogens is 6. The molecule has 0 aliphatic carbocycles. The van der Waals surface area contributed by atoms with Crippen molar-refractivity contribution < 1.29 is 26.3 Å². The molecule has 0 aromatic carbocycles. The highest BCUT2D eigenvalue weighted by Gasteiger charge is 2.38. The second kappa shape index (κ2) is 10.9. The van der Waals surface area contributed by atoms with Crippen LogP contribution in [-0.4, -0.2) is 72.2 Å². The molecule has 0 atom stereocenters. The maximum absolute atomic E-state index is 13.9. The van der Waals surface area contributed by atoms with Crippen LogP contribution in [0.1, 0.15) is 36.2 Å². The standard InChI is InChI=1S/C24H26F6N8S/c1-39-38-9-5-15(6-10-38)34-22-31-11-17(23(25,26)27)20(35-22)18-13-37(14-32-18)19-4-3-16(12-36-7-2-8-36)33-21(19)24(28,29)30/h3-4,11,13-15H,2,5-10,12H2,1H3,(H,31,34,35). The van der Waals surface area contributed by atoms with E-state index < -0.39 is 29.3 Å². The first kappa shape index (κ1) is 27.6. The highest BCUT2D eigenvalue weighted by molar-refractivity contribution is 7.96. The van der Waals surface area contributed by atoms with Crippen LogP contribution in [0.5, 0.6) is 0 Å². The van der Waals surface area contributed by atoms with Crippen molar-refractivity contribution in [2.24, 2.45) is 0 Å². The molecule has 15 heteroatoms. The lowest BCUT2D eigenvalue weighted by Gasteiger charge is -2.30. The number of aromatic nitrogens is 5. The number of hydrogen-bond acceptors (Lipinski definition) is 8. The third kappa shape index (κ3) is 6.30. The zero-order chi connectivity index (χ0) is 27.8. The van der Waals surface area contributed by atoms with Gasteiger partial charge in [0.2, 0.25) is 5.95 Å². The predicted molar refractivity (Wildman–Crippen MR) is 134 cm³/mol. The molecule has 0 amide bonds. The summed E-state index contributed by atoms with van der Waals surface area (Å²) in [5, 5.41) is 3.09. The molecule has 5 heterocycles. The van der Waals surface area contributed by atoms with Crippen molar-refractivity contribution >= 4 is 17.9 Å². The van der Waals surface area contributed by atoms with Crippen molar-refractivity contribution in [1.29, 1.82) is 0 Å². The fourth-order valence-electron chi connectivity index (χ4n) is 4.56. The monoisotopic (exact) mass is 572 g/mol. The van der Waals surface area contributed by atoms with E-state index in [2.05, 4.69) is 29.6 Å². The average Bonchev–Trinajstić information content (AvgIpc) is 3.35. The van der Waals surface area contributed by atoms with Gasteiger partial charge in [-0.25, -0.2) is 19.9 Å². The van der Waals surface area contributed by atoms with E-state index in [1.165, 1.54) is 12.1 Å². The van der Waals surface area contributed by atoms with E-state index in [1.807, 2.05) is 11.2 Å². The van der Waals surface area contributed by atoms with Gasteiger partial charge in [-0.3, -0.25) is 9.21 Å². The molecular weight excluding hydrogens is 546 g/mol. The molecule has 2 fully saturated rings. The van der Waals surface area contributed by atoms with Gasteiger partial charge in [-0.1, -0.05) is 11.9 Å². The summed E-state index contributed by atoms with van der Waals surface area (Å²) in [5.74, 6) is 0.00291. The summed E-state index contributed by atoms with van der Waals surface area (Å²) in [6.45, 7) is 3.50. The van der Waals surface area contributed by atoms with Crippen LogP contribution in [0.4, 0.5) is 32.3 Å². The van der Waals surface area contributed by atoms with Crippen LogP contribution in [0.2, 0.25) is 0 Å². The molecule has 0 bridgehead atoms. The number of alkyl halides is 6. The number of nitrogens with one attached hydrogen (secondary N) is 1. The van der Waals surface area contributed by atoms with Crippen LogP contribution in [0.15, 0.2) is 30.9 Å². The maximum atomic E-state index is 13.9. The molecule has 2 aliphatic heterocycles. The lowest BCUT2D eigenvalue weighted by atomic mass is 10.1. The van der Waals surface area contributed by atoms with Gasteiger partial charge in [0.1, 0.15) is 23.3 Å². The first-order chi connectivity index (χ1) is 18.5. The number of pyridine rings is 1. The number of hydrogen-bond donors (Lipinski definition) is 1. The van der Waals surface area contributed by atoms with Gasteiger partial charge >= 0.3 is 12.4 Å². The van der Waals surface area contributed by atoms with Crippen molar-refractivity contribution in [1.82, 2.24) is 33.7 Å². The zero-order valence-corrected chi connectivity index (χ0v) is 21.7. The highest BCUT2D eigenvalue weighted by Crippen LogP contribution is 2.37. The number of likely N-dealkylation sites (tertiary alicyclic amines) is 1. The van der Waals surface area contributed by atoms with Crippen LogP contribution < -0.4 is 5.32 Å². The van der Waals surface area contributed by atoms with Crippen molar-refractivity contribution in [2.45, 2.75) is 44.2 Å². The first-order valence-electron chi connectivity index (χ1n) is 12.4. The minimum absolute atomic E-state index is 0.00291. The Balaban J connectivity index is 1.46. The molecule has 0 spiro atoms. The smallest absolute Gasteiger partial charge is 0.351 e. The van der Waals surface area contributed by atoms with Gasteiger partial charge in [0.25, 0.3) is 0 Å². The van der Waals surface area contributed by atoms with Gasteiger partial charge in [0, 0.05) is 38.1 Å². The Morgan fingerprint density at radius 3 is 2.33 bits per heavy atom. The van der Waals surface area contributed by atoms with Gasteiger partial charge in [0.05, 0.1) is 11.4 Å². The largest absolute Gasteiger partial charge is 0.435 e. The second-order valence-electron chi connectivity index (χ2n) is 9.45. The SMILES string of the molecule is CSN1CCC(Nc2ncc(C(F)(F)F)c(-c3cn(-c4ccc(CN5CCC5)nc4C(F)(F)F)cn3)n2)CC1. The topological polar surface area (TPSA) is 75.0 Å². The van der Waals surface area contributed by atoms with Crippen LogP contribution in [-0.2, 0) is 18.9 Å². The van der Waals surface area contributed by atoms with E-state index in [0.29, 0.717) is 12.7 Å². The molecule has 5 rings (SSSR count). The van der Waals surface area contributed by atoms with E-state index in [-0.39, 0.29) is 29.1 Å². The predicted octanol–water partition coefficient (Wildman–Crippen LogP) is 5.12. The van der Waals surface area contributed by atoms with Crippen LogP contribution in [0.25, 0.3) is 17.1 Å². The van der Waals surface area contributed by atoms with E-state index in [4.69, 9.17) is 0 Å². The summed E-state index contributed by atoms with van der Waals surface area (Å²) in [4.78, 5) is 17.8. The molecule has 2 aliphatic rings. The molecule has 0 radical (unpaired) electrons. The summed E-state index contributed by atoms with van der Waals surface area (Å²) >= 11 is 1.63. The quantitative estimate of drug-likeness (QED) is 0.309. The van der Waals surface area contributed by atoms with E-state index in [9.17, 15) is 26.3 Å². The molecule has 39 heavy (non-hydrogen) atoms. The van der Waals surface area contributed by atoms with Crippen molar-refractivity contribution in [3.63, 3.8) is 0 Å². The van der Waals surface area contributed by atoms with Crippen LogP contribution >= 0.6 is 11.9 Å². The van der Waals surface area contributed by atoms with E-state index >= 15 is 0 Å². The molecule has 210 valence electrons. The Morgan fingerprint density at radius 2 is 1.72 bits per heavy atom. The first-order valence-corrected chi connectivity index (χ1v) is 13.5. The van der Waals surface area contributed by atoms with Gasteiger partial charge in [-0.2, -0.15) is 26.3 Å². The fraction of sp³-hybridized carbons (Fsp3) is 0.500. The summed E-state index contributed by atoms with van der Waals surface area (Å²) in [6, 6.07) is 2.72. The third-order valence-corrected chi connectivity index (χ3v) is 7.66. The van der Waals surface area contributed by atoms with Crippen molar-refractivity contribution in [3.05, 3.63) is 47.8 Å². The molecule has 0 unspecified atom stereocenters.